The zero-order valence-corrected chi connectivity index (χ0v) is 31.6. The number of aliphatic hydroxyl groups is 1. The van der Waals surface area contributed by atoms with Crippen LogP contribution < -0.4 is 20.3 Å². The molecule has 1 aliphatic heterocycles. The average Bonchev–Trinajstić information content (AvgIpc) is 3.20. The lowest BCUT2D eigenvalue weighted by Gasteiger charge is -2.37. The topological polar surface area (TPSA) is 179 Å². The maximum Gasteiger partial charge on any atom is 0.278 e. The summed E-state index contributed by atoms with van der Waals surface area (Å²) in [5.74, 6) is -2.75. The van der Waals surface area contributed by atoms with E-state index in [2.05, 4.69) is 29.4 Å². The summed E-state index contributed by atoms with van der Waals surface area (Å²) in [4.78, 5) is 29.1. The summed E-state index contributed by atoms with van der Waals surface area (Å²) in [5, 5.41) is 15.9. The van der Waals surface area contributed by atoms with Gasteiger partial charge in [-0.2, -0.15) is 8.42 Å². The molecule has 2 amide bonds. The smallest absolute Gasteiger partial charge is 0.278 e. The first-order valence-corrected chi connectivity index (χ1v) is 21.4. The number of anilines is 2. The number of nitrogens with one attached hydrogen (secondary N) is 2. The lowest BCUT2D eigenvalue weighted by molar-refractivity contribution is -0.151. The Kier molecular flexibility index (Phi) is 13.6. The third-order valence-electron chi connectivity index (χ3n) is 8.89. The van der Waals surface area contributed by atoms with E-state index >= 15 is 0 Å². The lowest BCUT2D eigenvalue weighted by Crippen LogP contribution is -2.57. The van der Waals surface area contributed by atoms with Crippen molar-refractivity contribution in [3.05, 3.63) is 78.4 Å². The normalized spacial score (nSPS) is 16.3. The summed E-state index contributed by atoms with van der Waals surface area (Å²) in [7, 11) is -8.26. The minimum absolute atomic E-state index is 0.0146. The van der Waals surface area contributed by atoms with Crippen LogP contribution in [0.4, 0.5) is 11.4 Å². The Hall–Kier alpha value is -3.63. The van der Waals surface area contributed by atoms with Gasteiger partial charge in [0.2, 0.25) is 5.72 Å². The number of carbonyl (C=O) groups is 2. The van der Waals surface area contributed by atoms with Crippen LogP contribution in [0.3, 0.4) is 0 Å². The standard InChI is InChI=1S/C36H47N3O9S3/c1-4-6-18-35(19-7-5-2)25-39(28-16-12-9-13-17-28)29-22-31(49-3)30(23-32(29)50(43,44)26-35)48-24-33(40)38-36(42,27-14-10-8-11-15-27)34(41)37-20-21-51(45,46)47/h8-17,22-23,42H,4-7,18-21,24-26H2,1-3H3,(H,37,41)(H,38,40)(H,45,46,47)/t36-/m1/s1. The minimum atomic E-state index is -4.40. The van der Waals surface area contributed by atoms with E-state index < -0.39 is 61.8 Å². The fourth-order valence-electron chi connectivity index (χ4n) is 6.32. The second-order valence-corrected chi connectivity index (χ2v) is 17.2. The van der Waals surface area contributed by atoms with Crippen LogP contribution in [0, 0.1) is 5.41 Å². The number of thioether (sulfide) groups is 1. The van der Waals surface area contributed by atoms with Gasteiger partial charge in [-0.05, 0) is 37.3 Å². The molecule has 0 unspecified atom stereocenters. The van der Waals surface area contributed by atoms with Gasteiger partial charge in [-0.15, -0.1) is 11.8 Å². The molecule has 0 fully saturated rings. The summed E-state index contributed by atoms with van der Waals surface area (Å²) < 4.78 is 66.0. The van der Waals surface area contributed by atoms with Crippen LogP contribution in [0.2, 0.25) is 0 Å². The van der Waals surface area contributed by atoms with E-state index in [9.17, 15) is 31.5 Å². The van der Waals surface area contributed by atoms with E-state index in [1.54, 1.807) is 12.1 Å². The number of fused-ring (bicyclic) bond motifs is 1. The number of rotatable bonds is 17. The average molecular weight is 762 g/mol. The Morgan fingerprint density at radius 3 is 2.18 bits per heavy atom. The number of hydrogen-bond acceptors (Lipinski definition) is 10. The number of benzene rings is 3. The maximum atomic E-state index is 14.4. The van der Waals surface area contributed by atoms with Crippen molar-refractivity contribution in [1.29, 1.82) is 0 Å². The molecule has 0 saturated heterocycles. The summed E-state index contributed by atoms with van der Waals surface area (Å²) in [6, 6.07) is 20.4. The van der Waals surface area contributed by atoms with E-state index in [0.717, 1.165) is 44.2 Å². The van der Waals surface area contributed by atoms with Gasteiger partial charge in [-0.25, -0.2) is 8.42 Å². The number of ether oxygens (including phenoxy) is 1. The number of nitrogens with zero attached hydrogens (tertiary/aromatic N) is 1. The zero-order valence-electron chi connectivity index (χ0n) is 29.1. The third-order valence-corrected chi connectivity index (χ3v) is 12.4. The van der Waals surface area contributed by atoms with Crippen molar-refractivity contribution < 1.29 is 40.8 Å². The van der Waals surface area contributed by atoms with Crippen molar-refractivity contribution in [2.75, 3.05) is 42.4 Å². The van der Waals surface area contributed by atoms with Crippen molar-refractivity contribution >= 4 is 54.9 Å². The van der Waals surface area contributed by atoms with Gasteiger partial charge >= 0.3 is 0 Å². The molecule has 1 heterocycles. The number of sulfone groups is 1. The van der Waals surface area contributed by atoms with Crippen LogP contribution in [0.1, 0.15) is 57.9 Å². The van der Waals surface area contributed by atoms with Gasteiger partial charge in [-0.3, -0.25) is 14.1 Å². The van der Waals surface area contributed by atoms with E-state index in [4.69, 9.17) is 9.29 Å². The third kappa shape index (κ3) is 10.3. The van der Waals surface area contributed by atoms with Gasteiger partial charge in [0.15, 0.2) is 16.4 Å². The van der Waals surface area contributed by atoms with Gasteiger partial charge in [0, 0.05) is 35.8 Å². The Labute approximate surface area is 305 Å². The van der Waals surface area contributed by atoms with E-state index in [1.807, 2.05) is 36.6 Å². The van der Waals surface area contributed by atoms with Crippen LogP contribution in [0.15, 0.2) is 82.6 Å². The maximum absolute atomic E-state index is 14.4. The fourth-order valence-corrected chi connectivity index (χ4v) is 9.35. The highest BCUT2D eigenvalue weighted by molar-refractivity contribution is 7.98. The first-order valence-electron chi connectivity index (χ1n) is 16.9. The quantitative estimate of drug-likeness (QED) is 0.0823. The highest BCUT2D eigenvalue weighted by Crippen LogP contribution is 2.47. The highest BCUT2D eigenvalue weighted by Gasteiger charge is 2.43. The Bertz CT molecular complexity index is 1870. The largest absolute Gasteiger partial charge is 0.483 e. The van der Waals surface area contributed by atoms with Gasteiger partial charge in [0.1, 0.15) is 5.75 Å². The Morgan fingerprint density at radius 1 is 1.00 bits per heavy atom. The minimum Gasteiger partial charge on any atom is -0.483 e. The monoisotopic (exact) mass is 761 g/mol. The number of hydrogen-bond donors (Lipinski definition) is 4. The molecule has 0 aromatic heterocycles. The Morgan fingerprint density at radius 2 is 1.61 bits per heavy atom. The first-order chi connectivity index (χ1) is 24.2. The highest BCUT2D eigenvalue weighted by atomic mass is 32.2. The summed E-state index contributed by atoms with van der Waals surface area (Å²) >= 11 is 1.32. The van der Waals surface area contributed by atoms with Crippen molar-refractivity contribution in [3.8, 4) is 5.75 Å². The molecule has 4 rings (SSSR count). The predicted molar refractivity (Wildman–Crippen MR) is 199 cm³/mol. The number of carbonyl (C=O) groups excluding carboxylic acids is 2. The molecule has 51 heavy (non-hydrogen) atoms. The molecule has 3 aromatic rings. The second-order valence-electron chi connectivity index (χ2n) is 12.8. The molecule has 1 atom stereocenters. The molecule has 0 spiro atoms. The Balaban J connectivity index is 1.68. The molecule has 12 nitrogen and oxygen atoms in total. The van der Waals surface area contributed by atoms with Crippen LogP contribution >= 0.6 is 11.8 Å². The van der Waals surface area contributed by atoms with Gasteiger partial charge in [0.25, 0.3) is 21.9 Å². The molecule has 0 radical (unpaired) electrons. The predicted octanol–water partition coefficient (Wildman–Crippen LogP) is 5.05. The molecule has 1 aliphatic rings. The molecule has 3 aromatic carbocycles. The van der Waals surface area contributed by atoms with Gasteiger partial charge in [0.05, 0.1) is 27.0 Å². The summed E-state index contributed by atoms with van der Waals surface area (Å²) in [6.45, 7) is 3.50. The number of amides is 2. The molecule has 0 saturated carbocycles. The van der Waals surface area contributed by atoms with Crippen molar-refractivity contribution in [2.24, 2.45) is 5.41 Å². The van der Waals surface area contributed by atoms with Crippen LogP contribution in [0.5, 0.6) is 5.75 Å². The molecule has 0 aliphatic carbocycles. The van der Waals surface area contributed by atoms with E-state index in [-0.39, 0.29) is 22.0 Å². The van der Waals surface area contributed by atoms with Gasteiger partial charge < -0.3 is 25.4 Å². The van der Waals surface area contributed by atoms with Crippen molar-refractivity contribution in [2.45, 2.75) is 67.9 Å². The molecular weight excluding hydrogens is 715 g/mol. The number of unbranched alkanes of at least 4 members (excludes halogenated alkanes) is 2. The van der Waals surface area contributed by atoms with Crippen LogP contribution in [0.25, 0.3) is 0 Å². The van der Waals surface area contributed by atoms with Crippen LogP contribution in [-0.2, 0) is 35.3 Å². The molecule has 0 bridgehead atoms. The van der Waals surface area contributed by atoms with Gasteiger partial charge in [-0.1, -0.05) is 88.1 Å². The summed E-state index contributed by atoms with van der Waals surface area (Å²) in [5.41, 5.74) is -1.75. The van der Waals surface area contributed by atoms with Crippen LogP contribution in [-0.4, -0.2) is 75.8 Å². The van der Waals surface area contributed by atoms with E-state index in [1.165, 1.54) is 42.1 Å². The zero-order chi connectivity index (χ0) is 37.3. The summed E-state index contributed by atoms with van der Waals surface area (Å²) in [6.07, 6.45) is 6.99. The van der Waals surface area contributed by atoms with Crippen molar-refractivity contribution in [3.63, 3.8) is 0 Å². The molecule has 4 N–H and O–H groups in total. The lowest BCUT2D eigenvalue weighted by atomic mass is 9.79. The SMILES string of the molecule is CCCCC1(CCCC)CN(c2ccccc2)c2cc(SC)c(OCC(=O)N[C@](O)(C(=O)NCCS(=O)(=O)O)c3ccccc3)cc2S(=O)(=O)C1. The molecular formula is C36H47N3O9S3. The first kappa shape index (κ1) is 40.1. The number of para-hydroxylation sites is 1. The van der Waals surface area contributed by atoms with Crippen molar-refractivity contribution in [1.82, 2.24) is 10.6 Å². The molecule has 278 valence electrons. The fraction of sp³-hybridized carbons (Fsp3) is 0.444. The van der Waals surface area contributed by atoms with E-state index in [0.29, 0.717) is 17.1 Å². The second kappa shape index (κ2) is 17.3. The molecule has 15 heteroatoms.